The largest absolute Gasteiger partial charge is 0.469 e. The van der Waals surface area contributed by atoms with Crippen LogP contribution in [-0.4, -0.2) is 49.6 Å². The molecule has 2 rings (SSSR count). The fourth-order valence-corrected chi connectivity index (χ4v) is 3.39. The summed E-state index contributed by atoms with van der Waals surface area (Å²) < 4.78 is 4.78. The molecule has 0 aromatic heterocycles. The summed E-state index contributed by atoms with van der Waals surface area (Å²) in [5.74, 6) is 0.0344. The van der Waals surface area contributed by atoms with Gasteiger partial charge in [-0.2, -0.15) is 0 Å². The van der Waals surface area contributed by atoms with Crippen LogP contribution in [0, 0.1) is 5.92 Å². The summed E-state index contributed by atoms with van der Waals surface area (Å²) in [6, 6.07) is 0.368. The van der Waals surface area contributed by atoms with Crippen LogP contribution in [0.4, 0.5) is 0 Å². The van der Waals surface area contributed by atoms with Crippen molar-refractivity contribution in [3.05, 3.63) is 0 Å². The molecule has 5 nitrogen and oxygen atoms in total. The number of esters is 1. The number of rotatable bonds is 4. The average Bonchev–Trinajstić information content (AvgIpc) is 2.75. The lowest BCUT2D eigenvalue weighted by molar-refractivity contribution is -0.147. The van der Waals surface area contributed by atoms with E-state index >= 15 is 0 Å². The van der Waals surface area contributed by atoms with Gasteiger partial charge in [0.05, 0.1) is 19.6 Å². The SMILES string of the molecule is COC(=O)C1CCN(CC(=O)NC2CCCCCC2)CC1. The van der Waals surface area contributed by atoms with Crippen molar-refractivity contribution >= 4 is 11.9 Å². The van der Waals surface area contributed by atoms with E-state index in [-0.39, 0.29) is 17.8 Å². The highest BCUT2D eigenvalue weighted by molar-refractivity contribution is 5.78. The molecule has 2 aliphatic rings. The number of ether oxygens (including phenoxy) is 1. The van der Waals surface area contributed by atoms with E-state index in [4.69, 9.17) is 4.74 Å². The molecule has 5 heteroatoms. The number of nitrogens with one attached hydrogen (secondary N) is 1. The van der Waals surface area contributed by atoms with Gasteiger partial charge in [-0.3, -0.25) is 14.5 Å². The highest BCUT2D eigenvalue weighted by Crippen LogP contribution is 2.19. The molecule has 1 aliphatic carbocycles. The lowest BCUT2D eigenvalue weighted by atomic mass is 9.97. The van der Waals surface area contributed by atoms with Crippen LogP contribution >= 0.6 is 0 Å². The zero-order valence-corrected chi connectivity index (χ0v) is 13.1. The zero-order chi connectivity index (χ0) is 15.1. The molecular formula is C16H28N2O3. The Hall–Kier alpha value is -1.10. The Balaban J connectivity index is 1.68. The van der Waals surface area contributed by atoms with Gasteiger partial charge in [-0.1, -0.05) is 25.7 Å². The van der Waals surface area contributed by atoms with Crippen LogP contribution in [0.25, 0.3) is 0 Å². The number of likely N-dealkylation sites (tertiary alicyclic amines) is 1. The van der Waals surface area contributed by atoms with Gasteiger partial charge in [-0.25, -0.2) is 0 Å². The summed E-state index contributed by atoms with van der Waals surface area (Å²) in [6.45, 7) is 2.07. The number of carbonyl (C=O) groups is 2. The molecule has 21 heavy (non-hydrogen) atoms. The minimum atomic E-state index is -0.113. The van der Waals surface area contributed by atoms with Gasteiger partial charge < -0.3 is 10.1 Å². The first-order valence-electron chi connectivity index (χ1n) is 8.28. The van der Waals surface area contributed by atoms with Gasteiger partial charge in [0.25, 0.3) is 0 Å². The maximum atomic E-state index is 12.1. The van der Waals surface area contributed by atoms with Crippen molar-refractivity contribution in [2.75, 3.05) is 26.7 Å². The van der Waals surface area contributed by atoms with Crippen molar-refractivity contribution in [3.8, 4) is 0 Å². The van der Waals surface area contributed by atoms with E-state index in [1.807, 2.05) is 0 Å². The lowest BCUT2D eigenvalue weighted by Crippen LogP contribution is -2.45. The fourth-order valence-electron chi connectivity index (χ4n) is 3.39. The number of hydrogen-bond acceptors (Lipinski definition) is 4. The predicted molar refractivity (Wildman–Crippen MR) is 80.8 cm³/mol. The van der Waals surface area contributed by atoms with Gasteiger partial charge in [0.2, 0.25) is 5.91 Å². The summed E-state index contributed by atoms with van der Waals surface area (Å²) in [5.41, 5.74) is 0. The van der Waals surface area contributed by atoms with Crippen molar-refractivity contribution in [1.82, 2.24) is 10.2 Å². The Morgan fingerprint density at radius 1 is 1.05 bits per heavy atom. The van der Waals surface area contributed by atoms with Crippen LogP contribution < -0.4 is 5.32 Å². The van der Waals surface area contributed by atoms with Gasteiger partial charge in [0.1, 0.15) is 0 Å². The molecule has 0 unspecified atom stereocenters. The van der Waals surface area contributed by atoms with Crippen molar-refractivity contribution in [3.63, 3.8) is 0 Å². The summed E-state index contributed by atoms with van der Waals surface area (Å²) in [6.07, 6.45) is 8.89. The topological polar surface area (TPSA) is 58.6 Å². The number of hydrogen-bond donors (Lipinski definition) is 1. The molecule has 0 bridgehead atoms. The van der Waals surface area contributed by atoms with Gasteiger partial charge in [0.15, 0.2) is 0 Å². The second kappa shape index (κ2) is 8.37. The van der Waals surface area contributed by atoms with Crippen molar-refractivity contribution < 1.29 is 14.3 Å². The highest BCUT2D eigenvalue weighted by atomic mass is 16.5. The predicted octanol–water partition coefficient (Wildman–Crippen LogP) is 1.71. The van der Waals surface area contributed by atoms with E-state index in [1.54, 1.807) is 0 Å². The molecule has 1 amide bonds. The second-order valence-electron chi connectivity index (χ2n) is 6.33. The van der Waals surface area contributed by atoms with Crippen LogP contribution in [0.15, 0.2) is 0 Å². The monoisotopic (exact) mass is 296 g/mol. The Kier molecular flexibility index (Phi) is 6.49. The maximum absolute atomic E-state index is 12.1. The number of amides is 1. The first-order chi connectivity index (χ1) is 10.2. The molecular weight excluding hydrogens is 268 g/mol. The Labute approximate surface area is 127 Å². The molecule has 0 aromatic carbocycles. The van der Waals surface area contributed by atoms with Crippen LogP contribution in [-0.2, 0) is 14.3 Å². The van der Waals surface area contributed by atoms with E-state index in [0.29, 0.717) is 12.6 Å². The summed E-state index contributed by atoms with van der Waals surface area (Å²) in [5, 5.41) is 3.18. The first kappa shape index (κ1) is 16.3. The highest BCUT2D eigenvalue weighted by Gasteiger charge is 2.26. The summed E-state index contributed by atoms with van der Waals surface area (Å²) >= 11 is 0. The fraction of sp³-hybridized carbons (Fsp3) is 0.875. The van der Waals surface area contributed by atoms with Crippen LogP contribution in [0.2, 0.25) is 0 Å². The van der Waals surface area contributed by atoms with Crippen LogP contribution in [0.5, 0.6) is 0 Å². The third-order valence-electron chi connectivity index (χ3n) is 4.71. The van der Waals surface area contributed by atoms with E-state index in [9.17, 15) is 9.59 Å². The third-order valence-corrected chi connectivity index (χ3v) is 4.71. The van der Waals surface area contributed by atoms with Gasteiger partial charge >= 0.3 is 5.97 Å². The van der Waals surface area contributed by atoms with Crippen LogP contribution in [0.1, 0.15) is 51.4 Å². The molecule has 1 aliphatic heterocycles. The van der Waals surface area contributed by atoms with Crippen molar-refractivity contribution in [2.24, 2.45) is 5.92 Å². The molecule has 1 heterocycles. The smallest absolute Gasteiger partial charge is 0.308 e. The Morgan fingerprint density at radius 3 is 2.24 bits per heavy atom. The average molecular weight is 296 g/mol. The van der Waals surface area contributed by atoms with E-state index in [0.717, 1.165) is 38.8 Å². The summed E-state index contributed by atoms with van der Waals surface area (Å²) in [7, 11) is 1.44. The van der Waals surface area contributed by atoms with Crippen LogP contribution in [0.3, 0.4) is 0 Å². The van der Waals surface area contributed by atoms with Gasteiger partial charge in [0, 0.05) is 6.04 Å². The zero-order valence-electron chi connectivity index (χ0n) is 13.1. The van der Waals surface area contributed by atoms with Gasteiger partial charge in [-0.05, 0) is 38.8 Å². The maximum Gasteiger partial charge on any atom is 0.308 e. The normalized spacial score (nSPS) is 22.5. The quantitative estimate of drug-likeness (QED) is 0.634. The second-order valence-corrected chi connectivity index (χ2v) is 6.33. The number of piperidine rings is 1. The molecule has 120 valence electrons. The van der Waals surface area contributed by atoms with Crippen molar-refractivity contribution in [1.29, 1.82) is 0 Å². The molecule has 1 saturated carbocycles. The summed E-state index contributed by atoms with van der Waals surface area (Å²) in [4.78, 5) is 25.7. The Morgan fingerprint density at radius 2 is 1.67 bits per heavy atom. The van der Waals surface area contributed by atoms with E-state index < -0.39 is 0 Å². The molecule has 1 saturated heterocycles. The number of methoxy groups -OCH3 is 1. The first-order valence-corrected chi connectivity index (χ1v) is 8.28. The molecule has 1 N–H and O–H groups in total. The molecule has 0 atom stereocenters. The molecule has 2 fully saturated rings. The number of nitrogens with zero attached hydrogens (tertiary/aromatic N) is 1. The lowest BCUT2D eigenvalue weighted by Gasteiger charge is -2.30. The van der Waals surface area contributed by atoms with E-state index in [2.05, 4.69) is 10.2 Å². The minimum Gasteiger partial charge on any atom is -0.469 e. The van der Waals surface area contributed by atoms with Gasteiger partial charge in [-0.15, -0.1) is 0 Å². The Bertz CT molecular complexity index is 343. The number of carbonyl (C=O) groups excluding carboxylic acids is 2. The standard InChI is InChI=1S/C16H28N2O3/c1-21-16(20)13-8-10-18(11-9-13)12-15(19)17-14-6-4-2-3-5-7-14/h13-14H,2-12H2,1H3,(H,17,19). The molecule has 0 aromatic rings. The minimum absolute atomic E-state index is 0.0103. The molecule has 0 radical (unpaired) electrons. The van der Waals surface area contributed by atoms with Crippen molar-refractivity contribution in [2.45, 2.75) is 57.4 Å². The third kappa shape index (κ3) is 5.30. The van der Waals surface area contributed by atoms with E-state index in [1.165, 1.54) is 32.8 Å². The molecule has 0 spiro atoms.